The molecule has 0 aliphatic heterocycles. The van der Waals surface area contributed by atoms with Crippen LogP contribution in [0.4, 0.5) is 8.78 Å². The summed E-state index contributed by atoms with van der Waals surface area (Å²) in [6.45, 7) is 0. The molecule has 0 atom stereocenters. The smallest absolute Gasteiger partial charge is 0.205 e. The van der Waals surface area contributed by atoms with E-state index in [1.54, 1.807) is 0 Å². The molecule has 0 amide bonds. The predicted octanol–water partition coefficient (Wildman–Crippen LogP) is 6.90. The number of hydrogen-bond donors (Lipinski definition) is 0. The highest BCUT2D eigenvalue weighted by atomic mass is 35.5. The third-order valence-corrected chi connectivity index (χ3v) is 3.79. The molecule has 0 unspecified atom stereocenters. The number of alkyl halides is 2. The zero-order valence-corrected chi connectivity index (χ0v) is 12.3. The molecule has 2 rings (SSSR count). The molecule has 0 spiro atoms. The summed E-state index contributed by atoms with van der Waals surface area (Å²) < 4.78 is 26.1. The van der Waals surface area contributed by atoms with Gasteiger partial charge in [0.25, 0.3) is 6.43 Å². The number of hydrogen-bond acceptors (Lipinski definition) is 0. The molecule has 0 saturated carbocycles. The van der Waals surface area contributed by atoms with Gasteiger partial charge in [0.05, 0.1) is 10.0 Å². The second-order valence-corrected chi connectivity index (χ2v) is 5.44. The fraction of sp³-hybridized carbons (Fsp3) is 0.0769. The predicted molar refractivity (Wildman–Crippen MR) is 76.9 cm³/mol. The number of halogens is 6. The second-order valence-electron chi connectivity index (χ2n) is 3.78. The van der Waals surface area contributed by atoms with E-state index in [-0.39, 0.29) is 26.2 Å². The average molecular weight is 342 g/mol. The zero-order chi connectivity index (χ0) is 14.2. The maximum absolute atomic E-state index is 13.1. The molecule has 0 aliphatic carbocycles. The lowest BCUT2D eigenvalue weighted by Gasteiger charge is -2.12. The fourth-order valence-electron chi connectivity index (χ4n) is 1.71. The van der Waals surface area contributed by atoms with Gasteiger partial charge in [-0.2, -0.15) is 0 Å². The zero-order valence-electron chi connectivity index (χ0n) is 9.23. The molecule has 100 valence electrons. The average Bonchev–Trinajstić information content (AvgIpc) is 2.34. The topological polar surface area (TPSA) is 0 Å². The lowest BCUT2D eigenvalue weighted by atomic mass is 10.00. The van der Waals surface area contributed by atoms with Crippen LogP contribution in [0, 0.1) is 0 Å². The van der Waals surface area contributed by atoms with Gasteiger partial charge in [-0.3, -0.25) is 0 Å². The van der Waals surface area contributed by atoms with Crippen LogP contribution < -0.4 is 0 Å². The van der Waals surface area contributed by atoms with Crippen LogP contribution in [0.1, 0.15) is 12.0 Å². The van der Waals surface area contributed by atoms with Crippen LogP contribution in [-0.4, -0.2) is 0 Å². The van der Waals surface area contributed by atoms with Crippen molar-refractivity contribution in [2.24, 2.45) is 0 Å². The molecule has 2 aromatic rings. The van der Waals surface area contributed by atoms with Crippen molar-refractivity contribution in [2.75, 3.05) is 0 Å². The first-order valence-electron chi connectivity index (χ1n) is 5.12. The quantitative estimate of drug-likeness (QED) is 0.521. The van der Waals surface area contributed by atoms with Gasteiger partial charge in [0, 0.05) is 21.2 Å². The Morgan fingerprint density at radius 3 is 2.11 bits per heavy atom. The SMILES string of the molecule is FC(F)c1cc(Cl)ccc1-c1cc(Cl)cc(Cl)c1Cl. The third-order valence-electron chi connectivity index (χ3n) is 2.53. The maximum atomic E-state index is 13.1. The van der Waals surface area contributed by atoms with E-state index in [1.807, 2.05) is 0 Å². The van der Waals surface area contributed by atoms with Gasteiger partial charge < -0.3 is 0 Å². The van der Waals surface area contributed by atoms with Crippen molar-refractivity contribution in [1.29, 1.82) is 0 Å². The fourth-order valence-corrected chi connectivity index (χ4v) is 2.60. The molecular weight excluding hydrogens is 336 g/mol. The van der Waals surface area contributed by atoms with E-state index in [2.05, 4.69) is 0 Å². The lowest BCUT2D eigenvalue weighted by molar-refractivity contribution is 0.152. The van der Waals surface area contributed by atoms with E-state index < -0.39 is 6.43 Å². The van der Waals surface area contributed by atoms with Crippen LogP contribution in [0.15, 0.2) is 30.3 Å². The summed E-state index contributed by atoms with van der Waals surface area (Å²) in [4.78, 5) is 0. The molecule has 0 nitrogen and oxygen atoms in total. The van der Waals surface area contributed by atoms with Gasteiger partial charge in [0.1, 0.15) is 0 Å². The Hall–Kier alpha value is -0.540. The molecule has 0 aliphatic rings. The summed E-state index contributed by atoms with van der Waals surface area (Å²) in [6, 6.07) is 7.12. The summed E-state index contributed by atoms with van der Waals surface area (Å²) >= 11 is 23.6. The maximum Gasteiger partial charge on any atom is 0.264 e. The highest BCUT2D eigenvalue weighted by molar-refractivity contribution is 6.45. The molecular formula is C13H6Cl4F2. The Morgan fingerprint density at radius 2 is 1.47 bits per heavy atom. The monoisotopic (exact) mass is 340 g/mol. The summed E-state index contributed by atoms with van der Waals surface area (Å²) in [5.41, 5.74) is 0.396. The molecule has 0 bridgehead atoms. The Balaban J connectivity index is 2.72. The van der Waals surface area contributed by atoms with Crippen LogP contribution in [0.2, 0.25) is 20.1 Å². The van der Waals surface area contributed by atoms with Crippen molar-refractivity contribution in [3.8, 4) is 11.1 Å². The van der Waals surface area contributed by atoms with Crippen molar-refractivity contribution < 1.29 is 8.78 Å². The van der Waals surface area contributed by atoms with Gasteiger partial charge in [-0.25, -0.2) is 8.78 Å². The van der Waals surface area contributed by atoms with Crippen LogP contribution >= 0.6 is 46.4 Å². The molecule has 0 heterocycles. The van der Waals surface area contributed by atoms with E-state index in [0.29, 0.717) is 10.6 Å². The van der Waals surface area contributed by atoms with Crippen molar-refractivity contribution in [2.45, 2.75) is 6.43 Å². The van der Waals surface area contributed by atoms with Gasteiger partial charge in [-0.15, -0.1) is 0 Å². The molecule has 0 N–H and O–H groups in total. The molecule has 0 radical (unpaired) electrons. The molecule has 0 aromatic heterocycles. The third kappa shape index (κ3) is 3.14. The first-order valence-corrected chi connectivity index (χ1v) is 6.64. The van der Waals surface area contributed by atoms with E-state index in [0.717, 1.165) is 0 Å². The second kappa shape index (κ2) is 5.84. The minimum Gasteiger partial charge on any atom is -0.205 e. The Labute approximate surface area is 128 Å². The Bertz CT molecular complexity index is 626. The van der Waals surface area contributed by atoms with Crippen molar-refractivity contribution in [1.82, 2.24) is 0 Å². The molecule has 0 fully saturated rings. The van der Waals surface area contributed by atoms with E-state index >= 15 is 0 Å². The van der Waals surface area contributed by atoms with Gasteiger partial charge in [-0.1, -0.05) is 52.5 Å². The summed E-state index contributed by atoms with van der Waals surface area (Å²) in [7, 11) is 0. The molecule has 19 heavy (non-hydrogen) atoms. The first-order chi connectivity index (χ1) is 8.90. The summed E-state index contributed by atoms with van der Waals surface area (Å²) in [5, 5.41) is 0.928. The molecule has 6 heteroatoms. The number of rotatable bonds is 2. The van der Waals surface area contributed by atoms with E-state index in [9.17, 15) is 8.78 Å². The molecule has 0 saturated heterocycles. The van der Waals surface area contributed by atoms with Gasteiger partial charge in [0.15, 0.2) is 0 Å². The van der Waals surface area contributed by atoms with Crippen LogP contribution in [0.3, 0.4) is 0 Å². The highest BCUT2D eigenvalue weighted by Gasteiger charge is 2.18. The van der Waals surface area contributed by atoms with Crippen LogP contribution in [0.25, 0.3) is 11.1 Å². The lowest BCUT2D eigenvalue weighted by Crippen LogP contribution is -1.92. The van der Waals surface area contributed by atoms with Crippen LogP contribution in [-0.2, 0) is 0 Å². The van der Waals surface area contributed by atoms with Crippen molar-refractivity contribution in [3.05, 3.63) is 56.0 Å². The van der Waals surface area contributed by atoms with E-state index in [4.69, 9.17) is 46.4 Å². The Morgan fingerprint density at radius 1 is 0.789 bits per heavy atom. The van der Waals surface area contributed by atoms with Gasteiger partial charge in [0.2, 0.25) is 0 Å². The minimum absolute atomic E-state index is 0.176. The van der Waals surface area contributed by atoms with Gasteiger partial charge >= 0.3 is 0 Å². The summed E-state index contributed by atoms with van der Waals surface area (Å²) in [5.74, 6) is 0. The van der Waals surface area contributed by atoms with E-state index in [1.165, 1.54) is 30.3 Å². The molecule has 2 aromatic carbocycles. The summed E-state index contributed by atoms with van der Waals surface area (Å²) in [6.07, 6.45) is -2.68. The normalized spacial score (nSPS) is 11.1. The van der Waals surface area contributed by atoms with Crippen molar-refractivity contribution >= 4 is 46.4 Å². The minimum atomic E-state index is -2.68. The first kappa shape index (κ1) is 14.9. The standard InChI is InChI=1S/C13H6Cl4F2/c14-6-1-2-8(10(3-6)13(18)19)9-4-7(15)5-11(16)12(9)17/h1-5,13H. The van der Waals surface area contributed by atoms with Gasteiger partial charge in [-0.05, 0) is 29.8 Å². The Kier molecular flexibility index (Phi) is 4.57. The largest absolute Gasteiger partial charge is 0.264 e. The van der Waals surface area contributed by atoms with Crippen LogP contribution in [0.5, 0.6) is 0 Å². The number of benzene rings is 2. The van der Waals surface area contributed by atoms with Crippen molar-refractivity contribution in [3.63, 3.8) is 0 Å². The highest BCUT2D eigenvalue weighted by Crippen LogP contribution is 2.40.